The molecule has 3 rings (SSSR count). The van der Waals surface area contributed by atoms with E-state index in [4.69, 9.17) is 21.3 Å². The summed E-state index contributed by atoms with van der Waals surface area (Å²) in [7, 11) is -4.71. The predicted molar refractivity (Wildman–Crippen MR) is 230 cm³/mol. The molecule has 0 aliphatic carbocycles. The number of unbranched alkanes of at least 4 members (excludes halogenated alkanes) is 12. The normalized spacial score (nSPS) is 18.9. The number of phosphoric acid groups is 1. The second-order valence-electron chi connectivity index (χ2n) is 16.1. The number of fused-ring (bicyclic) bond motifs is 1. The fourth-order valence-corrected chi connectivity index (χ4v) is 8.04. The topological polar surface area (TPSA) is 243 Å². The van der Waals surface area contributed by atoms with Crippen molar-refractivity contribution >= 4 is 37.4 Å². The summed E-state index contributed by atoms with van der Waals surface area (Å²) in [6, 6.07) is 1.80. The zero-order valence-electron chi connectivity index (χ0n) is 36.0. The van der Waals surface area contributed by atoms with Gasteiger partial charge in [0.1, 0.15) is 23.9 Å². The third-order valence-electron chi connectivity index (χ3n) is 11.0. The highest BCUT2D eigenvalue weighted by molar-refractivity contribution is 7.46. The number of nitrogens with two attached hydrogens (primary N) is 2. The minimum atomic E-state index is -4.71. The van der Waals surface area contributed by atoms with Crippen molar-refractivity contribution in [2.45, 2.75) is 199 Å². The highest BCUT2D eigenvalue weighted by Crippen LogP contribution is 2.37. The standard InChI is InChI=1S/C31H49N6O9P.C12H26/c1-2-3-4-7-18-34-29(40)24(15-17-27(33)38)35-30(41)26-16-12-21-8-5-6-9-25(31(42)37(21)26)36-28(39)23(32)19-20-10-13-22(14-11-20)46-47(43,44)45;1-3-5-7-9-11-12-10-8-6-4-2/h10-11,13-14,21,23-26H,2-9,12,15-19,32H2,1H3,(H2,33,38)(H,34,40)(H,35,41)(H,36,39)(H2,43,44,45);3-12H2,1-2H3/t21?,23-,24-,25-,26-;/m0./s1. The van der Waals surface area contributed by atoms with Crippen LogP contribution in [0.25, 0.3) is 0 Å². The van der Waals surface area contributed by atoms with Crippen LogP contribution in [0.5, 0.6) is 5.75 Å². The molecule has 0 aromatic heterocycles. The molecule has 0 spiro atoms. The first-order valence-corrected chi connectivity index (χ1v) is 23.8. The van der Waals surface area contributed by atoms with E-state index < -0.39 is 55.6 Å². The van der Waals surface area contributed by atoms with E-state index in [0.29, 0.717) is 44.2 Å². The Morgan fingerprint density at radius 2 is 1.37 bits per heavy atom. The second kappa shape index (κ2) is 28.9. The third-order valence-corrected chi connectivity index (χ3v) is 11.4. The molecule has 0 saturated carbocycles. The van der Waals surface area contributed by atoms with Gasteiger partial charge in [-0.1, -0.05) is 129 Å². The lowest BCUT2D eigenvalue weighted by Gasteiger charge is -2.36. The van der Waals surface area contributed by atoms with Crippen LogP contribution < -0.4 is 31.9 Å². The van der Waals surface area contributed by atoms with E-state index in [1.54, 1.807) is 4.90 Å². The highest BCUT2D eigenvalue weighted by Gasteiger charge is 2.44. The van der Waals surface area contributed by atoms with Crippen LogP contribution in [0, 0.1) is 0 Å². The Hall–Kier alpha value is -3.52. The Balaban J connectivity index is 0.000000863. The Kier molecular flexibility index (Phi) is 25.2. The lowest BCUT2D eigenvalue weighted by molar-refractivity contribution is -0.145. The number of hydrogen-bond donors (Lipinski definition) is 7. The number of hydrogen-bond acceptors (Lipinski definition) is 8. The molecular formula is C43H75N6O9P. The molecule has 5 atom stereocenters. The largest absolute Gasteiger partial charge is 0.524 e. The Morgan fingerprint density at radius 3 is 1.93 bits per heavy atom. The van der Waals surface area contributed by atoms with Gasteiger partial charge in [-0.3, -0.25) is 33.8 Å². The summed E-state index contributed by atoms with van der Waals surface area (Å²) < 4.78 is 15.6. The second-order valence-corrected chi connectivity index (χ2v) is 17.3. The maximum Gasteiger partial charge on any atom is 0.524 e. The minimum absolute atomic E-state index is 0.0297. The maximum absolute atomic E-state index is 13.9. The minimum Gasteiger partial charge on any atom is -0.404 e. The van der Waals surface area contributed by atoms with Crippen molar-refractivity contribution in [1.82, 2.24) is 20.9 Å². The molecule has 16 heteroatoms. The van der Waals surface area contributed by atoms with Gasteiger partial charge < -0.3 is 36.8 Å². The van der Waals surface area contributed by atoms with Crippen LogP contribution in [0.1, 0.15) is 168 Å². The molecule has 2 aliphatic heterocycles. The average Bonchev–Trinajstić information content (AvgIpc) is 3.61. The van der Waals surface area contributed by atoms with E-state index in [1.807, 2.05) is 0 Å². The van der Waals surface area contributed by atoms with Crippen LogP contribution >= 0.6 is 7.82 Å². The van der Waals surface area contributed by atoms with E-state index in [9.17, 15) is 28.5 Å². The summed E-state index contributed by atoms with van der Waals surface area (Å²) in [5, 5.41) is 8.36. The van der Waals surface area contributed by atoms with Crippen LogP contribution in [0.4, 0.5) is 0 Å². The number of nitrogens with zero attached hydrogens (tertiary/aromatic N) is 1. The monoisotopic (exact) mass is 851 g/mol. The van der Waals surface area contributed by atoms with Crippen LogP contribution in [0.3, 0.4) is 0 Å². The van der Waals surface area contributed by atoms with Gasteiger partial charge in [0.2, 0.25) is 29.5 Å². The van der Waals surface area contributed by atoms with Crippen molar-refractivity contribution in [2.24, 2.45) is 11.5 Å². The Labute approximate surface area is 352 Å². The molecule has 0 radical (unpaired) electrons. The number of carbonyl (C=O) groups is 5. The highest BCUT2D eigenvalue weighted by atomic mass is 31.2. The van der Waals surface area contributed by atoms with Crippen molar-refractivity contribution in [2.75, 3.05) is 6.54 Å². The molecule has 1 aromatic carbocycles. The number of carbonyl (C=O) groups excluding carboxylic acids is 5. The summed E-state index contributed by atoms with van der Waals surface area (Å²) in [6.45, 7) is 7.09. The number of primary amides is 1. The van der Waals surface area contributed by atoms with E-state index in [1.165, 1.54) is 88.5 Å². The summed E-state index contributed by atoms with van der Waals surface area (Å²) in [5.41, 5.74) is 12.1. The van der Waals surface area contributed by atoms with Crippen LogP contribution in [0.15, 0.2) is 24.3 Å². The smallest absolute Gasteiger partial charge is 0.404 e. The molecule has 0 bridgehead atoms. The first-order chi connectivity index (χ1) is 28.2. The zero-order valence-corrected chi connectivity index (χ0v) is 36.9. The van der Waals surface area contributed by atoms with E-state index in [2.05, 4.69) is 41.2 Å². The molecule has 15 nitrogen and oxygen atoms in total. The van der Waals surface area contributed by atoms with Gasteiger partial charge in [0.15, 0.2) is 0 Å². The molecule has 59 heavy (non-hydrogen) atoms. The van der Waals surface area contributed by atoms with Gasteiger partial charge in [-0.2, -0.15) is 0 Å². The SMILES string of the molecule is CCCCCCCCCCCC.CCCCCCNC(=O)[C@H](CCC(N)=O)NC(=O)[C@@H]1CCC2CCCC[C@H](NC(=O)[C@@H](N)Cc3ccc(OP(=O)(O)O)cc3)C(=O)N21. The summed E-state index contributed by atoms with van der Waals surface area (Å²) in [6.07, 6.45) is 21.9. The Bertz CT molecular complexity index is 1450. The molecule has 1 unspecified atom stereocenters. The van der Waals surface area contributed by atoms with Crippen LogP contribution in [-0.2, 0) is 35.0 Å². The zero-order chi connectivity index (χ0) is 43.6. The van der Waals surface area contributed by atoms with Crippen LogP contribution in [0.2, 0.25) is 0 Å². The fourth-order valence-electron chi connectivity index (χ4n) is 7.64. The first kappa shape index (κ1) is 51.6. The van der Waals surface area contributed by atoms with Crippen molar-refractivity contribution in [1.29, 1.82) is 0 Å². The maximum atomic E-state index is 13.9. The molecule has 1 aromatic rings. The van der Waals surface area contributed by atoms with Gasteiger partial charge in [-0.05, 0) is 62.6 Å². The van der Waals surface area contributed by atoms with Gasteiger partial charge in [-0.15, -0.1) is 0 Å². The fraction of sp³-hybridized carbons (Fsp3) is 0.744. The molecule has 2 aliphatic rings. The molecular weight excluding hydrogens is 775 g/mol. The van der Waals surface area contributed by atoms with Gasteiger partial charge in [0.25, 0.3) is 0 Å². The molecule has 2 heterocycles. The van der Waals surface area contributed by atoms with Crippen molar-refractivity contribution in [3.63, 3.8) is 0 Å². The number of phosphoric ester groups is 1. The molecule has 2 fully saturated rings. The molecule has 336 valence electrons. The lowest BCUT2D eigenvalue weighted by atomic mass is 9.98. The van der Waals surface area contributed by atoms with Gasteiger partial charge >= 0.3 is 7.82 Å². The summed E-state index contributed by atoms with van der Waals surface area (Å²) >= 11 is 0. The van der Waals surface area contributed by atoms with E-state index in [0.717, 1.165) is 32.1 Å². The number of benzene rings is 1. The molecule has 2 saturated heterocycles. The van der Waals surface area contributed by atoms with Crippen molar-refractivity contribution in [3.05, 3.63) is 29.8 Å². The lowest BCUT2D eigenvalue weighted by Crippen LogP contribution is -2.59. The third kappa shape index (κ3) is 21.0. The average molecular weight is 851 g/mol. The van der Waals surface area contributed by atoms with Gasteiger partial charge in [0, 0.05) is 19.0 Å². The van der Waals surface area contributed by atoms with Gasteiger partial charge in [0.05, 0.1) is 6.04 Å². The quantitative estimate of drug-likeness (QED) is 0.0435. The predicted octanol–water partition coefficient (Wildman–Crippen LogP) is 5.82. The molecule has 5 amide bonds. The summed E-state index contributed by atoms with van der Waals surface area (Å²) in [5.74, 6) is -2.49. The van der Waals surface area contributed by atoms with Crippen molar-refractivity contribution in [3.8, 4) is 5.75 Å². The van der Waals surface area contributed by atoms with Gasteiger partial charge in [-0.25, -0.2) is 4.57 Å². The summed E-state index contributed by atoms with van der Waals surface area (Å²) in [4.78, 5) is 84.5. The van der Waals surface area contributed by atoms with E-state index in [-0.39, 0.29) is 37.0 Å². The van der Waals surface area contributed by atoms with Crippen molar-refractivity contribution < 1.29 is 42.8 Å². The number of nitrogens with one attached hydrogen (secondary N) is 3. The first-order valence-electron chi connectivity index (χ1n) is 22.3. The molecule has 9 N–H and O–H groups in total. The van der Waals surface area contributed by atoms with Crippen LogP contribution in [-0.4, -0.2) is 81.0 Å². The Morgan fingerprint density at radius 1 is 0.814 bits per heavy atom. The number of amides is 5. The number of rotatable bonds is 26. The van der Waals surface area contributed by atoms with E-state index >= 15 is 0 Å².